The van der Waals surface area contributed by atoms with Crippen LogP contribution in [0, 0.1) is 17.2 Å². The predicted octanol–water partition coefficient (Wildman–Crippen LogP) is 3.45. The number of rotatable bonds is 4. The van der Waals surface area contributed by atoms with Gasteiger partial charge in [0.25, 0.3) is 0 Å². The van der Waals surface area contributed by atoms with Crippen molar-refractivity contribution in [2.24, 2.45) is 5.92 Å². The molecule has 0 spiro atoms. The fourth-order valence-electron chi connectivity index (χ4n) is 1.87. The lowest BCUT2D eigenvalue weighted by Gasteiger charge is -2.24. The molecule has 0 amide bonds. The number of anilines is 1. The third kappa shape index (κ3) is 2.48. The van der Waals surface area contributed by atoms with Crippen molar-refractivity contribution in [1.82, 2.24) is 0 Å². The van der Waals surface area contributed by atoms with Crippen LogP contribution in [-0.2, 0) is 0 Å². The third-order valence-electron chi connectivity index (χ3n) is 2.98. The Kier molecular flexibility index (Phi) is 3.36. The summed E-state index contributed by atoms with van der Waals surface area (Å²) in [6, 6.07) is 7.70. The molecule has 0 radical (unpaired) electrons. The zero-order chi connectivity index (χ0) is 11.5. The second-order valence-corrected chi connectivity index (χ2v) is 4.69. The number of nitrogens with zero attached hydrogens (tertiary/aromatic N) is 2. The predicted molar refractivity (Wildman–Crippen MR) is 66.8 cm³/mol. The van der Waals surface area contributed by atoms with Crippen LogP contribution in [-0.4, -0.2) is 13.1 Å². The second-order valence-electron chi connectivity index (χ2n) is 4.26. The molecule has 2 rings (SSSR count). The first-order valence-electron chi connectivity index (χ1n) is 5.69. The van der Waals surface area contributed by atoms with Gasteiger partial charge in [0.1, 0.15) is 6.07 Å². The summed E-state index contributed by atoms with van der Waals surface area (Å²) in [6.07, 6.45) is 2.64. The lowest BCUT2D eigenvalue weighted by atomic mass is 10.1. The smallest absolute Gasteiger partial charge is 0.101 e. The first kappa shape index (κ1) is 11.3. The van der Waals surface area contributed by atoms with Crippen molar-refractivity contribution in [2.45, 2.75) is 19.8 Å². The molecule has 3 heteroatoms. The summed E-state index contributed by atoms with van der Waals surface area (Å²) in [6.45, 7) is 4.08. The summed E-state index contributed by atoms with van der Waals surface area (Å²) >= 11 is 5.99. The zero-order valence-corrected chi connectivity index (χ0v) is 10.2. The maximum absolute atomic E-state index is 9.08. The van der Waals surface area contributed by atoms with E-state index in [0.29, 0.717) is 10.6 Å². The summed E-state index contributed by atoms with van der Waals surface area (Å²) in [5.74, 6) is 0.811. The highest BCUT2D eigenvalue weighted by Crippen LogP contribution is 2.33. The normalized spacial score (nSPS) is 14.6. The molecule has 0 aromatic heterocycles. The summed E-state index contributed by atoms with van der Waals surface area (Å²) < 4.78 is 0. The molecule has 0 N–H and O–H groups in total. The van der Waals surface area contributed by atoms with Crippen molar-refractivity contribution in [3.63, 3.8) is 0 Å². The Morgan fingerprint density at radius 1 is 1.50 bits per heavy atom. The van der Waals surface area contributed by atoms with Gasteiger partial charge in [0.2, 0.25) is 0 Å². The molecule has 1 aromatic rings. The number of hydrogen-bond donors (Lipinski definition) is 0. The Balaban J connectivity index is 2.27. The molecular weight excluding hydrogens is 220 g/mol. The van der Waals surface area contributed by atoms with Crippen molar-refractivity contribution in [1.29, 1.82) is 5.26 Å². The molecule has 0 aliphatic heterocycles. The van der Waals surface area contributed by atoms with Crippen LogP contribution in [0.3, 0.4) is 0 Å². The van der Waals surface area contributed by atoms with Gasteiger partial charge in [0.15, 0.2) is 0 Å². The monoisotopic (exact) mass is 234 g/mol. The van der Waals surface area contributed by atoms with Crippen molar-refractivity contribution in [2.75, 3.05) is 18.0 Å². The Morgan fingerprint density at radius 3 is 2.81 bits per heavy atom. The van der Waals surface area contributed by atoms with Crippen LogP contribution >= 0.6 is 11.6 Å². The standard InChI is InChI=1S/C13H15ClN2/c1-2-16(9-10-3-4-10)13-7-12(14)6-5-11(13)8-15/h5-7,10H,2-4,9H2,1H3. The number of halogens is 1. The highest BCUT2D eigenvalue weighted by atomic mass is 35.5. The van der Waals surface area contributed by atoms with E-state index in [9.17, 15) is 0 Å². The Hall–Kier alpha value is -1.20. The van der Waals surface area contributed by atoms with Crippen molar-refractivity contribution >= 4 is 17.3 Å². The minimum atomic E-state index is 0.697. The molecule has 0 atom stereocenters. The SMILES string of the molecule is CCN(CC1CC1)c1cc(Cl)ccc1C#N. The van der Waals surface area contributed by atoms with Gasteiger partial charge in [0, 0.05) is 18.1 Å². The number of nitriles is 1. The van der Waals surface area contributed by atoms with Gasteiger partial charge in [-0.3, -0.25) is 0 Å². The molecular formula is C13H15ClN2. The van der Waals surface area contributed by atoms with Gasteiger partial charge >= 0.3 is 0 Å². The highest BCUT2D eigenvalue weighted by Gasteiger charge is 2.24. The van der Waals surface area contributed by atoms with Crippen LogP contribution < -0.4 is 4.90 Å². The molecule has 16 heavy (non-hydrogen) atoms. The third-order valence-corrected chi connectivity index (χ3v) is 3.21. The van der Waals surface area contributed by atoms with Crippen molar-refractivity contribution in [3.8, 4) is 6.07 Å². The van der Waals surface area contributed by atoms with Crippen LogP contribution in [0.1, 0.15) is 25.3 Å². The maximum atomic E-state index is 9.08. The molecule has 1 saturated carbocycles. The quantitative estimate of drug-likeness (QED) is 0.798. The molecule has 1 fully saturated rings. The van der Waals surface area contributed by atoms with Crippen LogP contribution in [0.2, 0.25) is 5.02 Å². The van der Waals surface area contributed by atoms with Crippen LogP contribution in [0.15, 0.2) is 18.2 Å². The van der Waals surface area contributed by atoms with Crippen molar-refractivity contribution < 1.29 is 0 Å². The highest BCUT2D eigenvalue weighted by molar-refractivity contribution is 6.30. The topological polar surface area (TPSA) is 27.0 Å². The van der Waals surface area contributed by atoms with E-state index in [0.717, 1.165) is 24.7 Å². The average molecular weight is 235 g/mol. The summed E-state index contributed by atoms with van der Waals surface area (Å²) in [5.41, 5.74) is 1.69. The molecule has 2 nitrogen and oxygen atoms in total. The van der Waals surface area contributed by atoms with Crippen LogP contribution in [0.4, 0.5) is 5.69 Å². The fraction of sp³-hybridized carbons (Fsp3) is 0.462. The van der Waals surface area contributed by atoms with Crippen LogP contribution in [0.5, 0.6) is 0 Å². The van der Waals surface area contributed by atoms with E-state index in [4.69, 9.17) is 16.9 Å². The van der Waals surface area contributed by atoms with E-state index in [2.05, 4.69) is 17.9 Å². The van der Waals surface area contributed by atoms with Crippen molar-refractivity contribution in [3.05, 3.63) is 28.8 Å². The Labute approximate surface area is 101 Å². The van der Waals surface area contributed by atoms with E-state index in [1.54, 1.807) is 12.1 Å². The van der Waals surface area contributed by atoms with Crippen LogP contribution in [0.25, 0.3) is 0 Å². The first-order chi connectivity index (χ1) is 7.74. The van der Waals surface area contributed by atoms with Gasteiger partial charge in [-0.1, -0.05) is 11.6 Å². The Morgan fingerprint density at radius 2 is 2.25 bits per heavy atom. The number of hydrogen-bond acceptors (Lipinski definition) is 2. The molecule has 0 unspecified atom stereocenters. The van der Waals surface area contributed by atoms with E-state index in [-0.39, 0.29) is 0 Å². The van der Waals surface area contributed by atoms with Gasteiger partial charge in [-0.25, -0.2) is 0 Å². The van der Waals surface area contributed by atoms with E-state index >= 15 is 0 Å². The average Bonchev–Trinajstić information content (AvgIpc) is 3.09. The second kappa shape index (κ2) is 4.76. The van der Waals surface area contributed by atoms with Gasteiger partial charge in [-0.15, -0.1) is 0 Å². The fourth-order valence-corrected chi connectivity index (χ4v) is 2.04. The minimum Gasteiger partial charge on any atom is -0.370 e. The summed E-state index contributed by atoms with van der Waals surface area (Å²) in [5, 5.41) is 9.78. The molecule has 0 bridgehead atoms. The van der Waals surface area contributed by atoms with E-state index in [1.807, 2.05) is 6.07 Å². The summed E-state index contributed by atoms with van der Waals surface area (Å²) in [4.78, 5) is 2.25. The molecule has 0 saturated heterocycles. The minimum absolute atomic E-state index is 0.697. The lowest BCUT2D eigenvalue weighted by Crippen LogP contribution is -2.25. The molecule has 1 aliphatic carbocycles. The lowest BCUT2D eigenvalue weighted by molar-refractivity contribution is 0.741. The van der Waals surface area contributed by atoms with E-state index in [1.165, 1.54) is 12.8 Å². The molecule has 0 heterocycles. The molecule has 84 valence electrons. The maximum Gasteiger partial charge on any atom is 0.101 e. The van der Waals surface area contributed by atoms with Gasteiger partial charge in [0.05, 0.1) is 11.3 Å². The zero-order valence-electron chi connectivity index (χ0n) is 9.41. The summed E-state index contributed by atoms with van der Waals surface area (Å²) in [7, 11) is 0. The number of benzene rings is 1. The first-order valence-corrected chi connectivity index (χ1v) is 6.07. The van der Waals surface area contributed by atoms with Gasteiger partial charge in [-0.2, -0.15) is 5.26 Å². The molecule has 1 aliphatic rings. The molecule has 1 aromatic carbocycles. The van der Waals surface area contributed by atoms with Gasteiger partial charge in [-0.05, 0) is 43.9 Å². The van der Waals surface area contributed by atoms with E-state index < -0.39 is 0 Å². The van der Waals surface area contributed by atoms with Gasteiger partial charge < -0.3 is 4.90 Å². The largest absolute Gasteiger partial charge is 0.370 e. The Bertz CT molecular complexity index is 418.